The van der Waals surface area contributed by atoms with E-state index < -0.39 is 9.84 Å². The quantitative estimate of drug-likeness (QED) is 0.618. The van der Waals surface area contributed by atoms with E-state index in [0.717, 1.165) is 6.42 Å². The molecule has 1 heterocycles. The SMILES string of the molecule is CNC(=S)NC[C@H]1CCS(=O)(=O)C1. The molecular weight excluding hydrogens is 208 g/mol. The highest BCUT2D eigenvalue weighted by Gasteiger charge is 2.27. The van der Waals surface area contributed by atoms with Crippen molar-refractivity contribution in [3.05, 3.63) is 0 Å². The maximum absolute atomic E-state index is 11.1. The molecule has 0 saturated carbocycles. The van der Waals surface area contributed by atoms with E-state index in [0.29, 0.717) is 23.2 Å². The minimum atomic E-state index is -2.75. The van der Waals surface area contributed by atoms with Gasteiger partial charge >= 0.3 is 0 Å². The van der Waals surface area contributed by atoms with Crippen LogP contribution in [0.1, 0.15) is 6.42 Å². The Kier molecular flexibility index (Phi) is 3.49. The summed E-state index contributed by atoms with van der Waals surface area (Å²) >= 11 is 4.88. The first-order chi connectivity index (χ1) is 6.03. The van der Waals surface area contributed by atoms with Crippen LogP contribution >= 0.6 is 12.2 Å². The van der Waals surface area contributed by atoms with Gasteiger partial charge in [-0.25, -0.2) is 8.42 Å². The summed E-state index contributed by atoms with van der Waals surface area (Å²) in [7, 11) is -1.02. The highest BCUT2D eigenvalue weighted by molar-refractivity contribution is 7.91. The molecule has 0 aliphatic carbocycles. The number of thiocarbonyl (C=S) groups is 1. The van der Waals surface area contributed by atoms with Crippen molar-refractivity contribution in [2.45, 2.75) is 6.42 Å². The van der Waals surface area contributed by atoms with Gasteiger partial charge < -0.3 is 10.6 Å². The van der Waals surface area contributed by atoms with E-state index in [4.69, 9.17) is 12.2 Å². The Morgan fingerprint density at radius 3 is 2.77 bits per heavy atom. The van der Waals surface area contributed by atoms with Crippen molar-refractivity contribution in [2.75, 3.05) is 25.1 Å². The molecule has 0 amide bonds. The molecule has 0 aromatic carbocycles. The lowest BCUT2D eigenvalue weighted by atomic mass is 10.1. The summed E-state index contributed by atoms with van der Waals surface area (Å²) in [6.45, 7) is 0.652. The molecular formula is C7H14N2O2S2. The van der Waals surface area contributed by atoms with E-state index in [9.17, 15) is 8.42 Å². The van der Waals surface area contributed by atoms with Gasteiger partial charge in [0.05, 0.1) is 11.5 Å². The van der Waals surface area contributed by atoms with Crippen LogP contribution in [0.2, 0.25) is 0 Å². The van der Waals surface area contributed by atoms with E-state index in [2.05, 4.69) is 10.6 Å². The third-order valence-corrected chi connectivity index (χ3v) is 4.29. The topological polar surface area (TPSA) is 58.2 Å². The summed E-state index contributed by atoms with van der Waals surface area (Å²) in [6.07, 6.45) is 0.752. The van der Waals surface area contributed by atoms with E-state index in [1.165, 1.54) is 0 Å². The Labute approximate surface area is 84.0 Å². The van der Waals surface area contributed by atoms with Gasteiger partial charge in [-0.15, -0.1) is 0 Å². The van der Waals surface area contributed by atoms with Gasteiger partial charge in [0.25, 0.3) is 0 Å². The highest BCUT2D eigenvalue weighted by Crippen LogP contribution is 2.17. The van der Waals surface area contributed by atoms with Crippen molar-refractivity contribution in [1.29, 1.82) is 0 Å². The standard InChI is InChI=1S/C7H14N2O2S2/c1-8-7(12)9-4-6-2-3-13(10,11)5-6/h6H,2-5H2,1H3,(H2,8,9,12)/t6-/m1/s1. The molecule has 6 heteroatoms. The lowest BCUT2D eigenvalue weighted by Crippen LogP contribution is -2.36. The average molecular weight is 222 g/mol. The monoisotopic (exact) mass is 222 g/mol. The zero-order valence-corrected chi connectivity index (χ0v) is 9.17. The van der Waals surface area contributed by atoms with Gasteiger partial charge in [-0.1, -0.05) is 0 Å². The lowest BCUT2D eigenvalue weighted by Gasteiger charge is -2.10. The second-order valence-corrected chi connectivity index (χ2v) is 5.87. The van der Waals surface area contributed by atoms with E-state index in [-0.39, 0.29) is 5.92 Å². The molecule has 4 nitrogen and oxygen atoms in total. The molecule has 0 spiro atoms. The van der Waals surface area contributed by atoms with Crippen LogP contribution in [0.25, 0.3) is 0 Å². The van der Waals surface area contributed by atoms with E-state index >= 15 is 0 Å². The predicted molar refractivity (Wildman–Crippen MR) is 56.4 cm³/mol. The largest absolute Gasteiger partial charge is 0.366 e. The van der Waals surface area contributed by atoms with Crippen molar-refractivity contribution in [2.24, 2.45) is 5.92 Å². The number of sulfone groups is 1. The van der Waals surface area contributed by atoms with Gasteiger partial charge in [-0.05, 0) is 24.6 Å². The Bertz CT molecular complexity index is 287. The first kappa shape index (κ1) is 10.7. The van der Waals surface area contributed by atoms with Crippen molar-refractivity contribution in [1.82, 2.24) is 10.6 Å². The molecule has 2 N–H and O–H groups in total. The number of hydrogen-bond donors (Lipinski definition) is 2. The van der Waals surface area contributed by atoms with Gasteiger partial charge in [0.1, 0.15) is 0 Å². The third-order valence-electron chi connectivity index (χ3n) is 2.11. The van der Waals surface area contributed by atoms with Crippen LogP contribution in [0, 0.1) is 5.92 Å². The van der Waals surface area contributed by atoms with Crippen LogP contribution in [0.5, 0.6) is 0 Å². The molecule has 0 unspecified atom stereocenters. The van der Waals surface area contributed by atoms with Crippen LogP contribution in [-0.4, -0.2) is 38.6 Å². The first-order valence-electron chi connectivity index (χ1n) is 4.19. The normalized spacial score (nSPS) is 25.5. The van der Waals surface area contributed by atoms with Gasteiger partial charge in [0.2, 0.25) is 0 Å². The van der Waals surface area contributed by atoms with Crippen LogP contribution < -0.4 is 10.6 Å². The summed E-state index contributed by atoms with van der Waals surface area (Å²) in [5, 5.41) is 6.32. The van der Waals surface area contributed by atoms with Crippen LogP contribution in [0.3, 0.4) is 0 Å². The Balaban J connectivity index is 2.29. The molecule has 13 heavy (non-hydrogen) atoms. The fraction of sp³-hybridized carbons (Fsp3) is 0.857. The summed E-state index contributed by atoms with van der Waals surface area (Å²) in [5.41, 5.74) is 0. The van der Waals surface area contributed by atoms with Crippen LogP contribution in [0.4, 0.5) is 0 Å². The zero-order chi connectivity index (χ0) is 9.90. The summed E-state index contributed by atoms with van der Waals surface area (Å²) in [6, 6.07) is 0. The Hall–Kier alpha value is -0.360. The number of rotatable bonds is 2. The van der Waals surface area contributed by atoms with E-state index in [1.54, 1.807) is 7.05 Å². The maximum Gasteiger partial charge on any atom is 0.166 e. The van der Waals surface area contributed by atoms with Gasteiger partial charge in [-0.2, -0.15) is 0 Å². The molecule has 1 rings (SSSR count). The molecule has 1 fully saturated rings. The van der Waals surface area contributed by atoms with Gasteiger partial charge in [0.15, 0.2) is 14.9 Å². The van der Waals surface area contributed by atoms with Crippen LogP contribution in [0.15, 0.2) is 0 Å². The second-order valence-electron chi connectivity index (χ2n) is 3.23. The molecule has 1 aliphatic heterocycles. The predicted octanol–water partition coefficient (Wildman–Crippen LogP) is -0.485. The maximum atomic E-state index is 11.1. The molecule has 76 valence electrons. The highest BCUT2D eigenvalue weighted by atomic mass is 32.2. The van der Waals surface area contributed by atoms with Crippen molar-refractivity contribution < 1.29 is 8.42 Å². The smallest absolute Gasteiger partial charge is 0.166 e. The minimum absolute atomic E-state index is 0.219. The van der Waals surface area contributed by atoms with Gasteiger partial charge in [-0.3, -0.25) is 0 Å². The van der Waals surface area contributed by atoms with Gasteiger partial charge in [0, 0.05) is 13.6 Å². The fourth-order valence-corrected chi connectivity index (χ4v) is 3.30. The summed E-state index contributed by atoms with van der Waals surface area (Å²) in [5.74, 6) is 0.842. The molecule has 0 radical (unpaired) electrons. The molecule has 0 aromatic rings. The van der Waals surface area contributed by atoms with E-state index in [1.807, 2.05) is 0 Å². The lowest BCUT2D eigenvalue weighted by molar-refractivity contribution is 0.571. The molecule has 0 aromatic heterocycles. The van der Waals surface area contributed by atoms with Crippen molar-refractivity contribution in [3.8, 4) is 0 Å². The first-order valence-corrected chi connectivity index (χ1v) is 6.42. The molecule has 1 aliphatic rings. The van der Waals surface area contributed by atoms with Crippen LogP contribution in [-0.2, 0) is 9.84 Å². The summed E-state index contributed by atoms with van der Waals surface area (Å²) in [4.78, 5) is 0. The molecule has 0 bridgehead atoms. The summed E-state index contributed by atoms with van der Waals surface area (Å²) < 4.78 is 22.2. The molecule has 1 atom stereocenters. The van der Waals surface area contributed by atoms with Crippen molar-refractivity contribution in [3.63, 3.8) is 0 Å². The third kappa shape index (κ3) is 3.48. The average Bonchev–Trinajstić information content (AvgIpc) is 2.41. The second kappa shape index (κ2) is 4.23. The Morgan fingerprint density at radius 1 is 1.62 bits per heavy atom. The zero-order valence-electron chi connectivity index (χ0n) is 7.54. The molecule has 1 saturated heterocycles. The fourth-order valence-electron chi connectivity index (χ4n) is 1.36. The number of nitrogens with one attached hydrogen (secondary N) is 2. The minimum Gasteiger partial charge on any atom is -0.366 e. The Morgan fingerprint density at radius 2 is 2.31 bits per heavy atom. The number of hydrogen-bond acceptors (Lipinski definition) is 3. The van der Waals surface area contributed by atoms with Crippen molar-refractivity contribution >= 4 is 27.2 Å².